The van der Waals surface area contributed by atoms with Crippen molar-refractivity contribution in [3.8, 4) is 0 Å². The van der Waals surface area contributed by atoms with Crippen LogP contribution in [0.15, 0.2) is 63.3 Å². The summed E-state index contributed by atoms with van der Waals surface area (Å²) < 4.78 is 33.8. The predicted octanol–water partition coefficient (Wildman–Crippen LogP) is 2.53. The molecular weight excluding hydrogens is 1260 g/mol. The molecule has 15 atom stereocenters. The summed E-state index contributed by atoms with van der Waals surface area (Å²) in [5, 5.41) is 30.1. The predicted molar refractivity (Wildman–Crippen MR) is 333 cm³/mol. The summed E-state index contributed by atoms with van der Waals surface area (Å²) in [6.45, 7) is 19.1. The second-order valence-electron chi connectivity index (χ2n) is 27.0. The number of nitrogens with two attached hydrogens (primary N) is 6. The van der Waals surface area contributed by atoms with E-state index in [1.165, 1.54) is 17.8 Å². The van der Waals surface area contributed by atoms with Crippen LogP contribution in [0.1, 0.15) is 150 Å². The molecule has 28 nitrogen and oxygen atoms in total. The van der Waals surface area contributed by atoms with E-state index in [2.05, 4.69) is 10.3 Å². The molecule has 7 amide bonds. The van der Waals surface area contributed by atoms with Crippen molar-refractivity contribution in [2.24, 2.45) is 84.3 Å². The van der Waals surface area contributed by atoms with Gasteiger partial charge >= 0.3 is 16.8 Å². The van der Waals surface area contributed by atoms with Crippen LogP contribution < -0.4 is 44.6 Å². The van der Waals surface area contributed by atoms with E-state index in [1.54, 1.807) is 6.92 Å². The molecule has 1 aromatic carbocycles. The van der Waals surface area contributed by atoms with Crippen LogP contribution in [0, 0.1) is 53.8 Å². The van der Waals surface area contributed by atoms with Crippen LogP contribution in [0.2, 0.25) is 0 Å². The Hall–Kier alpha value is -6.53. The van der Waals surface area contributed by atoms with Gasteiger partial charge in [0.2, 0.25) is 41.4 Å². The van der Waals surface area contributed by atoms with Crippen LogP contribution in [0.25, 0.3) is 16.4 Å². The van der Waals surface area contributed by atoms with Crippen LogP contribution in [0.5, 0.6) is 0 Å². The molecule has 8 rings (SSSR count). The number of aliphatic imine (C=N–C) groups is 2. The number of hydrogen-bond donors (Lipinski definition) is 9. The maximum Gasteiger partial charge on any atom is 3.00 e. The number of allylic oxidation sites excluding steroid dienone is 4. The molecule has 92 heavy (non-hydrogen) atoms. The van der Waals surface area contributed by atoms with Gasteiger partial charge in [-0.25, -0.2) is 4.98 Å². The summed E-state index contributed by atoms with van der Waals surface area (Å²) in [5.74, 6) is -7.21. The van der Waals surface area contributed by atoms with Gasteiger partial charge in [0.15, 0.2) is 23.7 Å². The summed E-state index contributed by atoms with van der Waals surface area (Å²) in [7, 11) is -5.32. The van der Waals surface area contributed by atoms with E-state index >= 15 is 0 Å². The van der Waals surface area contributed by atoms with Gasteiger partial charge in [-0.05, 0) is 107 Å². The van der Waals surface area contributed by atoms with E-state index in [-0.39, 0.29) is 99.4 Å². The van der Waals surface area contributed by atoms with Crippen LogP contribution in [-0.4, -0.2) is 143 Å². The minimum atomic E-state index is -5.32. The van der Waals surface area contributed by atoms with Gasteiger partial charge in [0, 0.05) is 98.6 Å². The number of ether oxygens (including phenoxy) is 1. The number of phosphoric acid groups is 1. The van der Waals surface area contributed by atoms with E-state index in [1.807, 2.05) is 91.3 Å². The summed E-state index contributed by atoms with van der Waals surface area (Å²) in [4.78, 5) is 123. The number of imidazole rings is 1. The number of rotatable bonds is 26. The first kappa shape index (κ1) is 74.5. The fourth-order valence-electron chi connectivity index (χ4n) is 15.4. The van der Waals surface area contributed by atoms with Crippen molar-refractivity contribution in [2.45, 2.75) is 195 Å². The molecule has 0 radical (unpaired) electrons. The maximum absolute atomic E-state index is 14.4. The fourth-order valence-corrected chi connectivity index (χ4v) is 16.5. The minimum Gasteiger partial charge on any atom is -0.870 e. The molecule has 2 fully saturated rings. The van der Waals surface area contributed by atoms with E-state index in [9.17, 15) is 53.2 Å². The zero-order chi connectivity index (χ0) is 66.7. The topological polar surface area (TPSA) is 486 Å². The summed E-state index contributed by atoms with van der Waals surface area (Å²) in [5.41, 5.74) is 36.8. The molecule has 0 aliphatic carbocycles. The van der Waals surface area contributed by atoms with Crippen molar-refractivity contribution >= 4 is 77.3 Å². The number of phosphoric ester groups is 1. The van der Waals surface area contributed by atoms with Crippen LogP contribution >= 0.6 is 7.82 Å². The average molecular weight is 1350 g/mol. The van der Waals surface area contributed by atoms with E-state index in [0.717, 1.165) is 11.1 Å². The number of aliphatic hydroxyl groups is 2. The first-order chi connectivity index (χ1) is 41.8. The Morgan fingerprint density at radius 3 is 2.00 bits per heavy atom. The quantitative estimate of drug-likeness (QED) is 0.0483. The molecule has 2 saturated heterocycles. The number of carbonyl (C=O) groups is 7. The summed E-state index contributed by atoms with van der Waals surface area (Å²) in [6, 6.07) is 2.67. The van der Waals surface area contributed by atoms with Crippen molar-refractivity contribution < 1.29 is 93.8 Å². The molecule has 6 aliphatic heterocycles. The van der Waals surface area contributed by atoms with Crippen LogP contribution in [0.4, 0.5) is 0 Å². The Morgan fingerprint density at radius 1 is 0.837 bits per heavy atom. The van der Waals surface area contributed by atoms with Gasteiger partial charge in [0.05, 0.1) is 47.9 Å². The van der Waals surface area contributed by atoms with Gasteiger partial charge in [0.25, 0.3) is 7.82 Å². The number of amides is 7. The Kier molecular flexibility index (Phi) is 22.5. The molecular formula is C62H90CoN13O15P+. The third-order valence-electron chi connectivity index (χ3n) is 20.6. The zero-order valence-electron chi connectivity index (χ0n) is 54.0. The third kappa shape index (κ3) is 14.1. The first-order valence-electron chi connectivity index (χ1n) is 30.5. The molecule has 506 valence electrons. The minimum absolute atomic E-state index is 0. The van der Waals surface area contributed by atoms with Gasteiger partial charge in [-0.15, -0.1) is 0 Å². The standard InChI is InChI=1S/C62H90N13O14P.Co.H2O/c1-30-20-40-41(21-31(30)2)74(29-70-40)57-53(84)54(42(28-76)87-57)89-90(85,86)88-32(3)26-69-50(83)18-19-59(8)39(23-47(66)80)56-62(11)60(9,24-48(67)81)38(14-17-46(65)79)52(73-62)34(5)75-27-35(36(12-15-44(63)77)61(75,10)25-49(68)82)22-43-58(6,7)37(13-16-45(64)78)51(71-43)33(4)55(59)72-56;;/h20-22,27,29,32,36-39,42,53-54,56-57,76,84H,12-19,23-26,28H2,1-11H3,(H14-,63,64,65,66,67,68,69,71,72,73,77,78,79,80,81,82,83,85,86);;1H2/q;+3;/p-2/t32-,36-,37-,38-,39+,42-,53-,54-,56-,57+,59-,60+,61+,62+;;/m1../s1. The number of nitrogens with one attached hydrogen (secondary N) is 1. The Morgan fingerprint density at radius 2 is 1.42 bits per heavy atom. The number of primary amides is 6. The number of aryl methyl sites for hydroxylation is 2. The van der Waals surface area contributed by atoms with E-state index < -0.39 is 143 Å². The molecule has 0 spiro atoms. The van der Waals surface area contributed by atoms with Crippen molar-refractivity contribution in [3.05, 3.63) is 69.7 Å². The Balaban J connectivity index is 0.00000672. The number of carbonyl (C=O) groups excluding carboxylic acids is 7. The van der Waals surface area contributed by atoms with E-state index in [4.69, 9.17) is 63.5 Å². The molecule has 1 unspecified atom stereocenters. The molecule has 0 saturated carbocycles. The number of aromatic nitrogens is 2. The zero-order valence-corrected chi connectivity index (χ0v) is 56.0. The monoisotopic (exact) mass is 1350 g/mol. The number of fused-ring (bicyclic) bond motifs is 7. The van der Waals surface area contributed by atoms with Crippen molar-refractivity contribution in [1.82, 2.24) is 14.9 Å². The summed E-state index contributed by atoms with van der Waals surface area (Å²) >= 11 is 0. The molecule has 7 heterocycles. The molecule has 16 N–H and O–H groups in total. The maximum atomic E-state index is 14.4. The second-order valence-corrected chi connectivity index (χ2v) is 28.3. The van der Waals surface area contributed by atoms with Gasteiger partial charge in [-0.1, -0.05) is 33.7 Å². The van der Waals surface area contributed by atoms with Gasteiger partial charge in [0.1, 0.15) is 24.0 Å². The van der Waals surface area contributed by atoms with Crippen molar-refractivity contribution in [1.29, 1.82) is 0 Å². The molecule has 1 aromatic heterocycles. The molecule has 6 aliphatic rings. The Labute approximate surface area is 545 Å². The number of aliphatic hydroxyl groups excluding tert-OH is 2. The van der Waals surface area contributed by atoms with Gasteiger partial charge in [-0.3, -0.25) is 48.1 Å². The van der Waals surface area contributed by atoms with Crippen LogP contribution in [-0.2, 0) is 68.7 Å². The van der Waals surface area contributed by atoms with Crippen molar-refractivity contribution in [3.63, 3.8) is 0 Å². The molecule has 2 aromatic rings. The average Bonchev–Trinajstić information content (AvgIpc) is 1.53. The van der Waals surface area contributed by atoms with Crippen molar-refractivity contribution in [2.75, 3.05) is 13.2 Å². The van der Waals surface area contributed by atoms with Gasteiger partial charge in [-0.2, -0.15) is 10.3 Å². The molecule has 8 bridgehead atoms. The van der Waals surface area contributed by atoms with Crippen LogP contribution in [0.3, 0.4) is 0 Å². The van der Waals surface area contributed by atoms with Gasteiger partial charge < -0.3 is 84.0 Å². The first-order valence-corrected chi connectivity index (χ1v) is 32.0. The second kappa shape index (κ2) is 27.8. The number of hydrogen-bond acceptors (Lipinski definition) is 18. The molecule has 30 heteroatoms. The van der Waals surface area contributed by atoms with E-state index in [0.29, 0.717) is 50.7 Å². The Bertz CT molecular complexity index is 3550. The smallest absolute Gasteiger partial charge is 0.870 e. The number of nitrogens with zero attached hydrogens (tertiary/aromatic N) is 6. The number of benzene rings is 1. The largest absolute Gasteiger partial charge is 3.00 e. The normalized spacial score (nSPS) is 32.7. The summed E-state index contributed by atoms with van der Waals surface area (Å²) in [6.07, 6.45) is -2.64. The third-order valence-corrected chi connectivity index (χ3v) is 21.7. The SMILES string of the molecule is CC1=[N+]2C=C(/C=C3N=C(/C(C)=C4\[N-][C@H]([C@H](CC(N)=O)[C@@]4(C)CCC(=O)NC[C@@H](C)OP(=O)([O-])O[C@H]4[C@@H](O)[C@@H](n5cnc6cc(C)c(C)cc65)O[C@@H]4CO)[C@]4(C)N=C1[C@@H](CCC(N)=O)[C@]4(C)CC(N)=O)[C@@H](CCC(N)=O)C\3(C)C)[C@@H](CCC(N)=O)[C@]2(C)CC(N)=O.[Co+3].[OH-]. The fraction of sp³-hybridized carbons (Fsp3) is 0.629.